The Balaban J connectivity index is 2.45. The van der Waals surface area contributed by atoms with E-state index in [2.05, 4.69) is 27.8 Å². The predicted octanol–water partition coefficient (Wildman–Crippen LogP) is 0.395. The van der Waals surface area contributed by atoms with E-state index in [1.54, 1.807) is 11.8 Å². The first-order chi connectivity index (χ1) is 6.38. The number of aromatic nitrogens is 4. The van der Waals surface area contributed by atoms with E-state index in [4.69, 9.17) is 0 Å². The highest BCUT2D eigenvalue weighted by Crippen LogP contribution is 2.13. The smallest absolute Gasteiger partial charge is 0.209 e. The summed E-state index contributed by atoms with van der Waals surface area (Å²) in [6, 6.07) is 0. The Morgan fingerprint density at radius 2 is 2.38 bits per heavy atom. The predicted molar refractivity (Wildman–Crippen MR) is 52.8 cm³/mol. The lowest BCUT2D eigenvalue weighted by Gasteiger charge is -2.01. The molecule has 13 heavy (non-hydrogen) atoms. The van der Waals surface area contributed by atoms with Gasteiger partial charge in [0.1, 0.15) is 0 Å². The summed E-state index contributed by atoms with van der Waals surface area (Å²) in [7, 11) is 1.92. The van der Waals surface area contributed by atoms with E-state index in [9.17, 15) is 0 Å². The van der Waals surface area contributed by atoms with Gasteiger partial charge in [-0.05, 0) is 23.9 Å². The second-order valence-corrected chi connectivity index (χ2v) is 3.70. The second kappa shape index (κ2) is 5.93. The third kappa shape index (κ3) is 3.31. The van der Waals surface area contributed by atoms with Crippen LogP contribution in [0, 0.1) is 0 Å². The monoisotopic (exact) mass is 201 g/mol. The first kappa shape index (κ1) is 10.5. The topological polar surface area (TPSA) is 55.6 Å². The quantitative estimate of drug-likeness (QED) is 0.675. The molecular formula is C7H15N5S. The van der Waals surface area contributed by atoms with Gasteiger partial charge in [0.2, 0.25) is 5.16 Å². The largest absolute Gasteiger partial charge is 0.318 e. The number of hydrogen-bond acceptors (Lipinski definition) is 5. The third-order valence-electron chi connectivity index (χ3n) is 1.51. The lowest BCUT2D eigenvalue weighted by molar-refractivity contribution is 0.530. The average molecular weight is 201 g/mol. The molecule has 0 aliphatic heterocycles. The average Bonchev–Trinajstić information content (AvgIpc) is 2.59. The summed E-state index contributed by atoms with van der Waals surface area (Å²) < 4.78 is 1.83. The molecule has 1 heterocycles. The number of rotatable bonds is 6. The number of nitrogens with zero attached hydrogens (tertiary/aromatic N) is 4. The van der Waals surface area contributed by atoms with Gasteiger partial charge in [0.15, 0.2) is 0 Å². The molecule has 5 nitrogen and oxygen atoms in total. The molecule has 0 saturated carbocycles. The van der Waals surface area contributed by atoms with Crippen LogP contribution in [0.25, 0.3) is 0 Å². The number of nitrogens with one attached hydrogen (secondary N) is 1. The van der Waals surface area contributed by atoms with Crippen molar-refractivity contribution in [3.05, 3.63) is 0 Å². The Morgan fingerprint density at radius 1 is 1.54 bits per heavy atom. The molecule has 1 aromatic heterocycles. The first-order valence-corrected chi connectivity index (χ1v) is 5.40. The highest BCUT2D eigenvalue weighted by atomic mass is 32.2. The molecule has 0 unspecified atom stereocenters. The van der Waals surface area contributed by atoms with Crippen LogP contribution in [0.3, 0.4) is 0 Å². The zero-order valence-corrected chi connectivity index (χ0v) is 8.84. The van der Waals surface area contributed by atoms with Crippen LogP contribution in [0.5, 0.6) is 0 Å². The maximum atomic E-state index is 3.94. The van der Waals surface area contributed by atoms with Crippen molar-refractivity contribution in [1.29, 1.82) is 0 Å². The summed E-state index contributed by atoms with van der Waals surface area (Å²) in [5.74, 6) is 1.07. The van der Waals surface area contributed by atoms with Gasteiger partial charge < -0.3 is 5.32 Å². The van der Waals surface area contributed by atoms with Gasteiger partial charge in [0.25, 0.3) is 0 Å². The number of hydrogen-bond donors (Lipinski definition) is 1. The highest BCUT2D eigenvalue weighted by Gasteiger charge is 2.04. The minimum absolute atomic E-state index is 0.829. The Hall–Kier alpha value is -0.620. The Kier molecular flexibility index (Phi) is 4.77. The van der Waals surface area contributed by atoms with Crippen LogP contribution in [0.2, 0.25) is 0 Å². The van der Waals surface area contributed by atoms with E-state index >= 15 is 0 Å². The van der Waals surface area contributed by atoms with Gasteiger partial charge in [0.05, 0.1) is 6.54 Å². The number of tetrazole rings is 1. The van der Waals surface area contributed by atoms with Crippen LogP contribution in [0.4, 0.5) is 0 Å². The molecule has 1 rings (SSSR count). The van der Waals surface area contributed by atoms with Crippen LogP contribution < -0.4 is 5.32 Å². The van der Waals surface area contributed by atoms with Crippen LogP contribution in [-0.4, -0.2) is 39.6 Å². The normalized spacial score (nSPS) is 10.6. The number of likely N-dealkylation sites (N-methyl/N-ethyl adjacent to an activating group) is 1. The molecule has 6 heteroatoms. The Morgan fingerprint density at radius 3 is 3.08 bits per heavy atom. The van der Waals surface area contributed by atoms with Crippen molar-refractivity contribution in [2.24, 2.45) is 0 Å². The third-order valence-corrected chi connectivity index (χ3v) is 2.67. The van der Waals surface area contributed by atoms with Crippen molar-refractivity contribution in [2.45, 2.75) is 25.0 Å². The maximum Gasteiger partial charge on any atom is 0.209 e. The van der Waals surface area contributed by atoms with Crippen LogP contribution in [0.15, 0.2) is 5.16 Å². The fraction of sp³-hybridized carbons (Fsp3) is 0.857. The van der Waals surface area contributed by atoms with Gasteiger partial charge >= 0.3 is 0 Å². The van der Waals surface area contributed by atoms with Crippen LogP contribution >= 0.6 is 11.8 Å². The molecule has 0 aliphatic rings. The van der Waals surface area contributed by atoms with Crippen molar-refractivity contribution in [3.8, 4) is 0 Å². The molecule has 0 fully saturated rings. The summed E-state index contributed by atoms with van der Waals surface area (Å²) in [6.45, 7) is 3.87. The summed E-state index contributed by atoms with van der Waals surface area (Å²) in [5.41, 5.74) is 0. The van der Waals surface area contributed by atoms with Crippen molar-refractivity contribution < 1.29 is 0 Å². The number of thioether (sulfide) groups is 1. The maximum absolute atomic E-state index is 3.94. The van der Waals surface area contributed by atoms with Gasteiger partial charge in [-0.3, -0.25) is 0 Å². The lowest BCUT2D eigenvalue weighted by atomic mass is 10.6. The molecule has 0 radical (unpaired) electrons. The SMILES string of the molecule is CCCSc1nnnn1CCNC. The second-order valence-electron chi connectivity index (χ2n) is 2.64. The molecule has 0 spiro atoms. The molecular weight excluding hydrogens is 186 g/mol. The van der Waals surface area contributed by atoms with Crippen molar-refractivity contribution in [1.82, 2.24) is 25.5 Å². The molecule has 0 amide bonds. The van der Waals surface area contributed by atoms with E-state index < -0.39 is 0 Å². The molecule has 1 aromatic rings. The Labute approximate surface area is 82.3 Å². The Bertz CT molecular complexity index is 214. The van der Waals surface area contributed by atoms with Crippen molar-refractivity contribution in [2.75, 3.05) is 19.3 Å². The summed E-state index contributed by atoms with van der Waals surface area (Å²) in [5, 5.41) is 15.5. The zero-order chi connectivity index (χ0) is 9.52. The molecule has 0 aliphatic carbocycles. The molecule has 0 saturated heterocycles. The minimum Gasteiger partial charge on any atom is -0.318 e. The highest BCUT2D eigenvalue weighted by molar-refractivity contribution is 7.99. The van der Waals surface area contributed by atoms with E-state index in [0.717, 1.165) is 30.4 Å². The van der Waals surface area contributed by atoms with Crippen molar-refractivity contribution in [3.63, 3.8) is 0 Å². The molecule has 0 aromatic carbocycles. The first-order valence-electron chi connectivity index (χ1n) is 4.42. The molecule has 0 bridgehead atoms. The standard InChI is InChI=1S/C7H15N5S/c1-3-6-13-7-9-10-11-12(7)5-4-8-2/h8H,3-6H2,1-2H3. The van der Waals surface area contributed by atoms with Crippen LogP contribution in [-0.2, 0) is 6.54 Å². The van der Waals surface area contributed by atoms with Gasteiger partial charge in [-0.1, -0.05) is 18.7 Å². The van der Waals surface area contributed by atoms with E-state index in [0.29, 0.717) is 0 Å². The van der Waals surface area contributed by atoms with Gasteiger partial charge in [-0.2, -0.15) is 0 Å². The van der Waals surface area contributed by atoms with Crippen molar-refractivity contribution >= 4 is 11.8 Å². The fourth-order valence-electron chi connectivity index (χ4n) is 0.851. The summed E-state index contributed by atoms with van der Waals surface area (Å²) in [6.07, 6.45) is 1.14. The molecule has 1 N–H and O–H groups in total. The van der Waals surface area contributed by atoms with E-state index in [1.807, 2.05) is 11.7 Å². The zero-order valence-electron chi connectivity index (χ0n) is 8.03. The van der Waals surface area contributed by atoms with E-state index in [-0.39, 0.29) is 0 Å². The molecule has 0 atom stereocenters. The summed E-state index contributed by atoms with van der Waals surface area (Å²) in [4.78, 5) is 0. The van der Waals surface area contributed by atoms with Gasteiger partial charge in [-0.15, -0.1) is 5.10 Å². The summed E-state index contributed by atoms with van der Waals surface area (Å²) >= 11 is 1.70. The fourth-order valence-corrected chi connectivity index (χ4v) is 1.61. The van der Waals surface area contributed by atoms with Gasteiger partial charge in [-0.25, -0.2) is 4.68 Å². The minimum atomic E-state index is 0.829. The molecule has 74 valence electrons. The van der Waals surface area contributed by atoms with E-state index in [1.165, 1.54) is 0 Å². The van der Waals surface area contributed by atoms with Crippen LogP contribution in [0.1, 0.15) is 13.3 Å². The lowest BCUT2D eigenvalue weighted by Crippen LogP contribution is -2.16. The van der Waals surface area contributed by atoms with Gasteiger partial charge in [0, 0.05) is 12.3 Å².